The minimum atomic E-state index is -4.78. The number of rotatable bonds is 11. The van der Waals surface area contributed by atoms with Gasteiger partial charge in [0.25, 0.3) is 5.79 Å². The zero-order chi connectivity index (χ0) is 35.3. The first-order valence-electron chi connectivity index (χ1n) is 13.2. The second-order valence-electron chi connectivity index (χ2n) is 10.1. The average Bonchev–Trinajstić information content (AvgIpc) is 3.04. The van der Waals surface area contributed by atoms with Crippen molar-refractivity contribution in [2.75, 3.05) is 6.61 Å². The Morgan fingerprint density at radius 1 is 0.717 bits per heavy atom. The molecule has 5 atom stereocenters. The molecule has 20 heteroatoms. The quantitative estimate of drug-likeness (QED) is 0.0904. The Hall–Kier alpha value is -3.01. The third-order valence-electron chi connectivity index (χ3n) is 7.79. The zero-order valence-corrected chi connectivity index (χ0v) is 25.1. The van der Waals surface area contributed by atoms with Gasteiger partial charge in [-0.2, -0.15) is 17.6 Å². The summed E-state index contributed by atoms with van der Waals surface area (Å²) in [6, 6.07) is -0.0825. The van der Waals surface area contributed by atoms with E-state index in [-0.39, 0.29) is 18.1 Å². The Morgan fingerprint density at radius 3 is 1.39 bits per heavy atom. The number of ketones is 1. The van der Waals surface area contributed by atoms with Gasteiger partial charge in [0.2, 0.25) is 69.7 Å². The van der Waals surface area contributed by atoms with Crippen molar-refractivity contribution in [1.29, 1.82) is 0 Å². The lowest BCUT2D eigenvalue weighted by Crippen LogP contribution is -2.86. The standard InChI is InChI=1S/C26H26F10O9Si/c1-5-46(6-2,7-3)45-25(9(4)38)26(41,44-22-19(35)15(31)12(28)16(32)20(22)36)24(40,23(39)10(8-37)42-25)43-21-17(33)13(29)11(27)14(30)18(21)34/h10,23,37,39-41H,5-8H2,1-4H3/t10-,23-,24-,25+,26+/m1/s1. The van der Waals surface area contributed by atoms with Crippen LogP contribution >= 0.6 is 0 Å². The highest BCUT2D eigenvalue weighted by molar-refractivity contribution is 6.73. The van der Waals surface area contributed by atoms with Gasteiger partial charge in [-0.3, -0.25) is 4.79 Å². The monoisotopic (exact) mass is 700 g/mol. The van der Waals surface area contributed by atoms with E-state index in [1.54, 1.807) is 0 Å². The highest BCUT2D eigenvalue weighted by Crippen LogP contribution is 2.51. The van der Waals surface area contributed by atoms with Crippen molar-refractivity contribution in [3.63, 3.8) is 0 Å². The highest BCUT2D eigenvalue weighted by Gasteiger charge is 2.81. The Balaban J connectivity index is 2.56. The van der Waals surface area contributed by atoms with E-state index < -0.39 is 120 Å². The predicted octanol–water partition coefficient (Wildman–Crippen LogP) is 3.97. The summed E-state index contributed by atoms with van der Waals surface area (Å²) < 4.78 is 164. The molecule has 46 heavy (non-hydrogen) atoms. The number of hydrogen-bond donors (Lipinski definition) is 4. The van der Waals surface area contributed by atoms with Crippen molar-refractivity contribution in [1.82, 2.24) is 0 Å². The first-order valence-corrected chi connectivity index (χ1v) is 15.8. The molecular formula is C26H26F10O9Si. The largest absolute Gasteiger partial charge is 0.446 e. The molecule has 0 aliphatic carbocycles. The molecule has 0 aromatic heterocycles. The molecule has 1 aliphatic heterocycles. The van der Waals surface area contributed by atoms with E-state index in [4.69, 9.17) is 9.16 Å². The van der Waals surface area contributed by atoms with Crippen LogP contribution in [0.3, 0.4) is 0 Å². The van der Waals surface area contributed by atoms with Gasteiger partial charge in [0.15, 0.2) is 20.2 Å². The lowest BCUT2D eigenvalue weighted by molar-refractivity contribution is -0.481. The van der Waals surface area contributed by atoms with Crippen molar-refractivity contribution in [3.05, 3.63) is 58.2 Å². The molecule has 0 spiro atoms. The lowest BCUT2D eigenvalue weighted by atomic mass is 9.83. The van der Waals surface area contributed by atoms with Crippen LogP contribution in [0.2, 0.25) is 18.1 Å². The Kier molecular flexibility index (Phi) is 10.5. The molecule has 0 unspecified atom stereocenters. The molecule has 1 saturated heterocycles. The van der Waals surface area contributed by atoms with E-state index in [0.717, 1.165) is 0 Å². The van der Waals surface area contributed by atoms with Gasteiger partial charge >= 0.3 is 11.6 Å². The van der Waals surface area contributed by atoms with Crippen molar-refractivity contribution >= 4 is 14.1 Å². The minimum absolute atomic E-state index is 0.0275. The molecule has 0 radical (unpaired) electrons. The van der Waals surface area contributed by atoms with Crippen LogP contribution in [-0.4, -0.2) is 70.7 Å². The summed E-state index contributed by atoms with van der Waals surface area (Å²) in [6.07, 6.45) is -5.76. The second kappa shape index (κ2) is 12.9. The summed E-state index contributed by atoms with van der Waals surface area (Å²) >= 11 is 0. The van der Waals surface area contributed by atoms with Crippen molar-refractivity contribution in [2.45, 2.75) is 75.4 Å². The molecule has 0 saturated carbocycles. The summed E-state index contributed by atoms with van der Waals surface area (Å²) in [6.45, 7) is 3.35. The number of carbonyl (C=O) groups excluding carboxylic acids is 1. The molecule has 9 nitrogen and oxygen atoms in total. The Morgan fingerprint density at radius 2 is 1.07 bits per heavy atom. The summed E-state index contributed by atoms with van der Waals surface area (Å²) in [5, 5.41) is 44.6. The van der Waals surface area contributed by atoms with Crippen LogP contribution in [0.25, 0.3) is 0 Å². The number of benzene rings is 2. The van der Waals surface area contributed by atoms with Gasteiger partial charge in [0.1, 0.15) is 6.10 Å². The zero-order valence-electron chi connectivity index (χ0n) is 24.1. The molecule has 1 fully saturated rings. The van der Waals surface area contributed by atoms with E-state index in [9.17, 15) is 69.1 Å². The van der Waals surface area contributed by atoms with Crippen LogP contribution in [0.1, 0.15) is 27.7 Å². The lowest BCUT2D eigenvalue weighted by Gasteiger charge is -2.58. The maximum Gasteiger partial charge on any atom is 0.340 e. The normalized spacial score (nSPS) is 26.7. The fraction of sp³-hybridized carbons (Fsp3) is 0.500. The van der Waals surface area contributed by atoms with Crippen molar-refractivity contribution in [2.24, 2.45) is 0 Å². The number of ether oxygens (including phenoxy) is 3. The topological polar surface area (TPSA) is 135 Å². The van der Waals surface area contributed by atoms with Gasteiger partial charge < -0.3 is 39.1 Å². The van der Waals surface area contributed by atoms with Crippen LogP contribution in [0.15, 0.2) is 0 Å². The first kappa shape index (κ1) is 37.4. The van der Waals surface area contributed by atoms with Crippen LogP contribution in [0, 0.1) is 58.2 Å². The van der Waals surface area contributed by atoms with Gasteiger partial charge in [-0.05, 0) is 18.1 Å². The minimum Gasteiger partial charge on any atom is -0.446 e. The van der Waals surface area contributed by atoms with Crippen LogP contribution < -0.4 is 9.47 Å². The van der Waals surface area contributed by atoms with Gasteiger partial charge in [0, 0.05) is 6.92 Å². The summed E-state index contributed by atoms with van der Waals surface area (Å²) in [5.74, 6) is -48.2. The fourth-order valence-electron chi connectivity index (χ4n) is 4.86. The molecule has 1 heterocycles. The number of aliphatic hydroxyl groups excluding tert-OH is 2. The fourth-order valence-corrected chi connectivity index (χ4v) is 7.74. The molecule has 1 aliphatic rings. The highest BCUT2D eigenvalue weighted by atomic mass is 28.4. The third kappa shape index (κ3) is 5.32. The van der Waals surface area contributed by atoms with Crippen LogP contribution in [-0.2, 0) is 14.0 Å². The predicted molar refractivity (Wildman–Crippen MR) is 133 cm³/mol. The van der Waals surface area contributed by atoms with E-state index in [2.05, 4.69) is 9.47 Å². The average molecular weight is 701 g/mol. The summed E-state index contributed by atoms with van der Waals surface area (Å²) in [5.41, 5.74) is 0. The van der Waals surface area contributed by atoms with Gasteiger partial charge in [0.05, 0.1) is 6.61 Å². The van der Waals surface area contributed by atoms with Crippen LogP contribution in [0.5, 0.6) is 11.5 Å². The van der Waals surface area contributed by atoms with Crippen molar-refractivity contribution in [3.8, 4) is 11.5 Å². The molecule has 0 bridgehead atoms. The molecular weight excluding hydrogens is 674 g/mol. The van der Waals surface area contributed by atoms with E-state index in [0.29, 0.717) is 6.92 Å². The number of hydrogen-bond acceptors (Lipinski definition) is 9. The Bertz CT molecular complexity index is 1460. The van der Waals surface area contributed by atoms with E-state index >= 15 is 0 Å². The first-order chi connectivity index (χ1) is 21.2. The molecule has 2 aromatic rings. The number of halogens is 10. The van der Waals surface area contributed by atoms with Crippen LogP contribution in [0.4, 0.5) is 43.9 Å². The van der Waals surface area contributed by atoms with Gasteiger partial charge in [-0.25, -0.2) is 26.3 Å². The van der Waals surface area contributed by atoms with Gasteiger partial charge in [-0.1, -0.05) is 20.8 Å². The number of Topliss-reactive ketones (excluding diaryl/α,β-unsaturated/α-hetero) is 1. The molecule has 4 N–H and O–H groups in total. The number of carbonyl (C=O) groups is 1. The number of aliphatic hydroxyl groups is 4. The summed E-state index contributed by atoms with van der Waals surface area (Å²) in [4.78, 5) is 13.4. The molecule has 3 rings (SSSR count). The van der Waals surface area contributed by atoms with Gasteiger partial charge in [-0.15, -0.1) is 0 Å². The molecule has 0 amide bonds. The SMILES string of the molecule is CC[Si](CC)(CC)O[C@]1(C(C)=O)O[C@H](CO)[C@@H](O)[C@@](O)(Oc2c(F)c(F)c(F)c(F)c2F)[C@]1(O)Oc1c(F)c(F)c(F)c(F)c1F. The van der Waals surface area contributed by atoms with E-state index in [1.165, 1.54) is 20.8 Å². The Labute approximate surface area is 254 Å². The molecule has 2 aromatic carbocycles. The molecule has 258 valence electrons. The van der Waals surface area contributed by atoms with Crippen molar-refractivity contribution < 1.29 is 87.8 Å². The third-order valence-corrected chi connectivity index (χ3v) is 12.4. The maximum absolute atomic E-state index is 14.9. The maximum atomic E-state index is 14.9. The smallest absolute Gasteiger partial charge is 0.340 e. The second-order valence-corrected chi connectivity index (χ2v) is 14.8. The van der Waals surface area contributed by atoms with E-state index in [1.807, 2.05) is 0 Å². The summed E-state index contributed by atoms with van der Waals surface area (Å²) in [7, 11) is -3.60.